The molecule has 0 bridgehead atoms. The van der Waals surface area contributed by atoms with Crippen molar-refractivity contribution in [3.05, 3.63) is 58.9 Å². The largest absolute Gasteiger partial charge is 0.486 e. The molecule has 0 aliphatic rings. The summed E-state index contributed by atoms with van der Waals surface area (Å²) in [5, 5.41) is 0. The average molecular weight is 263 g/mol. The number of pyridine rings is 1. The lowest BCUT2D eigenvalue weighted by Crippen LogP contribution is -2.03. The van der Waals surface area contributed by atoms with Crippen LogP contribution in [0.5, 0.6) is 5.75 Å². The fraction of sp³-hybridized carbons (Fsp3) is 0.143. The van der Waals surface area contributed by atoms with Crippen LogP contribution in [0, 0.1) is 18.6 Å². The zero-order valence-electron chi connectivity index (χ0n) is 10.2. The van der Waals surface area contributed by atoms with E-state index in [9.17, 15) is 13.6 Å². The van der Waals surface area contributed by atoms with Gasteiger partial charge in [0.2, 0.25) is 0 Å². The number of carbonyl (C=O) groups is 1. The molecule has 0 saturated heterocycles. The van der Waals surface area contributed by atoms with Crippen molar-refractivity contribution in [2.24, 2.45) is 0 Å². The highest BCUT2D eigenvalue weighted by Crippen LogP contribution is 2.18. The molecule has 0 saturated carbocycles. The minimum absolute atomic E-state index is 0.0809. The lowest BCUT2D eigenvalue weighted by atomic mass is 10.2. The first-order chi connectivity index (χ1) is 9.10. The lowest BCUT2D eigenvalue weighted by molar-refractivity contribution is 0.111. The molecule has 0 aliphatic carbocycles. The summed E-state index contributed by atoms with van der Waals surface area (Å²) < 4.78 is 31.7. The third kappa shape index (κ3) is 3.13. The molecule has 19 heavy (non-hydrogen) atoms. The molecule has 1 aromatic carbocycles. The van der Waals surface area contributed by atoms with Gasteiger partial charge >= 0.3 is 0 Å². The predicted octanol–water partition coefficient (Wildman–Crippen LogP) is 3.06. The van der Waals surface area contributed by atoms with E-state index in [-0.39, 0.29) is 23.6 Å². The quantitative estimate of drug-likeness (QED) is 0.796. The van der Waals surface area contributed by atoms with Crippen molar-refractivity contribution in [1.29, 1.82) is 0 Å². The Balaban J connectivity index is 2.18. The van der Waals surface area contributed by atoms with Crippen molar-refractivity contribution >= 4 is 6.29 Å². The van der Waals surface area contributed by atoms with Gasteiger partial charge in [0.05, 0.1) is 0 Å². The highest BCUT2D eigenvalue weighted by atomic mass is 19.1. The molecule has 3 nitrogen and oxygen atoms in total. The zero-order chi connectivity index (χ0) is 13.8. The van der Waals surface area contributed by atoms with Crippen LogP contribution in [-0.2, 0) is 6.61 Å². The highest BCUT2D eigenvalue weighted by Gasteiger charge is 2.08. The lowest BCUT2D eigenvalue weighted by Gasteiger charge is -2.09. The predicted molar refractivity (Wildman–Crippen MR) is 65.1 cm³/mol. The van der Waals surface area contributed by atoms with Crippen molar-refractivity contribution in [1.82, 2.24) is 4.98 Å². The van der Waals surface area contributed by atoms with Gasteiger partial charge in [0, 0.05) is 11.3 Å². The van der Waals surface area contributed by atoms with Gasteiger partial charge in [-0.2, -0.15) is 0 Å². The number of nitrogens with zero attached hydrogens (tertiary/aromatic N) is 1. The van der Waals surface area contributed by atoms with Gasteiger partial charge in [-0.1, -0.05) is 0 Å². The molecule has 2 aromatic rings. The molecule has 2 rings (SSSR count). The van der Waals surface area contributed by atoms with Gasteiger partial charge in [0.25, 0.3) is 0 Å². The van der Waals surface area contributed by atoms with E-state index in [1.165, 1.54) is 0 Å². The van der Waals surface area contributed by atoms with Crippen LogP contribution in [0.2, 0.25) is 0 Å². The summed E-state index contributed by atoms with van der Waals surface area (Å²) in [7, 11) is 0. The fourth-order valence-corrected chi connectivity index (χ4v) is 1.58. The molecular formula is C14H11F2NO2. The standard InChI is InChI=1S/C14H11F2NO2/c1-9-2-5-14(13(7-18)17-9)19-8-10-6-11(15)3-4-12(10)16/h2-7H,8H2,1H3. The van der Waals surface area contributed by atoms with Crippen LogP contribution >= 0.6 is 0 Å². The summed E-state index contributed by atoms with van der Waals surface area (Å²) in [4.78, 5) is 14.8. The SMILES string of the molecule is Cc1ccc(OCc2cc(F)ccc2F)c(C=O)n1. The molecule has 0 unspecified atom stereocenters. The van der Waals surface area contributed by atoms with E-state index in [1.54, 1.807) is 19.1 Å². The highest BCUT2D eigenvalue weighted by molar-refractivity contribution is 5.76. The van der Waals surface area contributed by atoms with Crippen LogP contribution in [0.15, 0.2) is 30.3 Å². The number of carbonyl (C=O) groups excluding carboxylic acids is 1. The van der Waals surface area contributed by atoms with Crippen LogP contribution in [0.25, 0.3) is 0 Å². The smallest absolute Gasteiger partial charge is 0.172 e. The number of rotatable bonds is 4. The van der Waals surface area contributed by atoms with Crippen LogP contribution < -0.4 is 4.74 Å². The fourth-order valence-electron chi connectivity index (χ4n) is 1.58. The number of halogens is 2. The Morgan fingerprint density at radius 2 is 2.05 bits per heavy atom. The van der Waals surface area contributed by atoms with Gasteiger partial charge in [0.1, 0.15) is 29.7 Å². The molecule has 0 radical (unpaired) electrons. The number of aromatic nitrogens is 1. The molecule has 0 N–H and O–H groups in total. The second-order valence-corrected chi connectivity index (χ2v) is 3.98. The van der Waals surface area contributed by atoms with Gasteiger partial charge < -0.3 is 4.74 Å². The maximum atomic E-state index is 13.4. The van der Waals surface area contributed by atoms with Crippen LogP contribution in [0.4, 0.5) is 8.78 Å². The number of hydrogen-bond acceptors (Lipinski definition) is 3. The maximum Gasteiger partial charge on any atom is 0.172 e. The summed E-state index contributed by atoms with van der Waals surface area (Å²) in [6.45, 7) is 1.57. The second kappa shape index (κ2) is 5.56. The van der Waals surface area contributed by atoms with E-state index in [1.807, 2.05) is 0 Å². The first-order valence-corrected chi connectivity index (χ1v) is 5.59. The third-order valence-corrected chi connectivity index (χ3v) is 2.53. The summed E-state index contributed by atoms with van der Waals surface area (Å²) in [5.41, 5.74) is 0.889. The summed E-state index contributed by atoms with van der Waals surface area (Å²) in [5.74, 6) is -0.865. The first-order valence-electron chi connectivity index (χ1n) is 5.59. The number of aldehydes is 1. The Labute approximate surface area is 108 Å². The number of ether oxygens (including phenoxy) is 1. The van der Waals surface area contributed by atoms with Crippen LogP contribution in [0.1, 0.15) is 21.7 Å². The average Bonchev–Trinajstić information content (AvgIpc) is 2.40. The van der Waals surface area contributed by atoms with E-state index in [2.05, 4.69) is 4.98 Å². The van der Waals surface area contributed by atoms with Crippen LogP contribution in [-0.4, -0.2) is 11.3 Å². The van der Waals surface area contributed by atoms with Crippen molar-refractivity contribution in [3.8, 4) is 5.75 Å². The molecule has 1 aromatic heterocycles. The molecule has 1 heterocycles. The summed E-state index contributed by atoms with van der Waals surface area (Å²) in [6.07, 6.45) is 0.560. The maximum absolute atomic E-state index is 13.4. The number of hydrogen-bond donors (Lipinski definition) is 0. The Kier molecular flexibility index (Phi) is 3.85. The molecule has 0 amide bonds. The molecule has 0 fully saturated rings. The van der Waals surface area contributed by atoms with Crippen molar-refractivity contribution in [3.63, 3.8) is 0 Å². The van der Waals surface area contributed by atoms with Crippen molar-refractivity contribution < 1.29 is 18.3 Å². The zero-order valence-corrected chi connectivity index (χ0v) is 10.2. The van der Waals surface area contributed by atoms with Gasteiger partial charge in [-0.3, -0.25) is 4.79 Å². The molecule has 0 spiro atoms. The van der Waals surface area contributed by atoms with Crippen molar-refractivity contribution in [2.45, 2.75) is 13.5 Å². The third-order valence-electron chi connectivity index (χ3n) is 2.53. The number of aryl methyl sites for hydroxylation is 1. The minimum Gasteiger partial charge on any atom is -0.486 e. The Morgan fingerprint density at radius 3 is 2.79 bits per heavy atom. The molecular weight excluding hydrogens is 252 g/mol. The minimum atomic E-state index is -0.561. The Hall–Kier alpha value is -2.30. The van der Waals surface area contributed by atoms with E-state index in [4.69, 9.17) is 4.74 Å². The van der Waals surface area contributed by atoms with Crippen LogP contribution in [0.3, 0.4) is 0 Å². The van der Waals surface area contributed by atoms with Gasteiger partial charge in [-0.25, -0.2) is 13.8 Å². The van der Waals surface area contributed by atoms with Gasteiger partial charge in [-0.05, 0) is 37.3 Å². The Bertz CT molecular complexity index is 614. The van der Waals surface area contributed by atoms with E-state index >= 15 is 0 Å². The second-order valence-electron chi connectivity index (χ2n) is 3.98. The normalized spacial score (nSPS) is 10.3. The monoisotopic (exact) mass is 263 g/mol. The first kappa shape index (κ1) is 13.1. The van der Waals surface area contributed by atoms with E-state index in [0.717, 1.165) is 18.2 Å². The Morgan fingerprint density at radius 1 is 1.26 bits per heavy atom. The summed E-state index contributed by atoms with van der Waals surface area (Å²) in [6, 6.07) is 6.36. The topological polar surface area (TPSA) is 39.2 Å². The molecule has 5 heteroatoms. The molecule has 98 valence electrons. The van der Waals surface area contributed by atoms with E-state index in [0.29, 0.717) is 12.0 Å². The summed E-state index contributed by atoms with van der Waals surface area (Å²) >= 11 is 0. The molecule has 0 atom stereocenters. The van der Waals surface area contributed by atoms with Gasteiger partial charge in [0.15, 0.2) is 6.29 Å². The number of benzene rings is 1. The van der Waals surface area contributed by atoms with Gasteiger partial charge in [-0.15, -0.1) is 0 Å². The van der Waals surface area contributed by atoms with Crippen molar-refractivity contribution in [2.75, 3.05) is 0 Å². The van der Waals surface area contributed by atoms with E-state index < -0.39 is 11.6 Å². The molecule has 0 aliphatic heterocycles.